The molecule has 1 heterocycles. The topological polar surface area (TPSA) is 65.7 Å². The largest absolute Gasteiger partial charge is 0.493 e. The van der Waals surface area contributed by atoms with E-state index in [-0.39, 0.29) is 5.56 Å². The molecule has 0 N–H and O–H groups in total. The predicted octanol–water partition coefficient (Wildman–Crippen LogP) is 8.10. The standard InChI is InChI=1S/C27H23Br3ClN3O3/c1-27(2,3)26-33-22-8-7-17(28)11-19(22)25(35)34(26)32-13-15-9-21(31)24(23(10-15)36-4)37-14-16-5-6-18(29)12-20(16)30/h5-13H,14H2,1-4H3. The van der Waals surface area contributed by atoms with Crippen molar-refractivity contribution in [2.45, 2.75) is 32.8 Å². The Labute approximate surface area is 245 Å². The maximum atomic E-state index is 13.4. The lowest BCUT2D eigenvalue weighted by molar-refractivity contribution is 0.284. The summed E-state index contributed by atoms with van der Waals surface area (Å²) in [6.07, 6.45) is 1.56. The van der Waals surface area contributed by atoms with Gasteiger partial charge in [-0.2, -0.15) is 9.78 Å². The van der Waals surface area contributed by atoms with Crippen LogP contribution in [0.2, 0.25) is 5.02 Å². The highest BCUT2D eigenvalue weighted by molar-refractivity contribution is 9.11. The Hall–Kier alpha value is -2.20. The number of methoxy groups -OCH3 is 1. The quantitative estimate of drug-likeness (QED) is 0.190. The number of rotatable bonds is 6. The van der Waals surface area contributed by atoms with Crippen LogP contribution in [-0.2, 0) is 12.0 Å². The summed E-state index contributed by atoms with van der Waals surface area (Å²) in [5, 5.41) is 5.35. The molecule has 4 aromatic rings. The Kier molecular flexibility index (Phi) is 8.48. The second-order valence-electron chi connectivity index (χ2n) is 9.27. The molecule has 3 aromatic carbocycles. The van der Waals surface area contributed by atoms with Gasteiger partial charge in [0.15, 0.2) is 11.5 Å². The Bertz CT molecular complexity index is 1580. The van der Waals surface area contributed by atoms with Gasteiger partial charge in [0.2, 0.25) is 0 Å². The second-order valence-corrected chi connectivity index (χ2v) is 12.4. The molecule has 0 aliphatic heterocycles. The average molecular weight is 713 g/mol. The van der Waals surface area contributed by atoms with Gasteiger partial charge in [-0.3, -0.25) is 4.79 Å². The molecule has 0 aliphatic rings. The van der Waals surface area contributed by atoms with Crippen LogP contribution < -0.4 is 15.0 Å². The number of halogens is 4. The number of hydrogen-bond donors (Lipinski definition) is 0. The molecule has 6 nitrogen and oxygen atoms in total. The van der Waals surface area contributed by atoms with Crippen LogP contribution in [0.15, 0.2) is 71.8 Å². The second kappa shape index (κ2) is 11.3. The molecule has 0 saturated carbocycles. The monoisotopic (exact) mass is 709 g/mol. The number of fused-ring (bicyclic) bond motifs is 1. The highest BCUT2D eigenvalue weighted by Gasteiger charge is 2.23. The van der Waals surface area contributed by atoms with Crippen LogP contribution in [0.5, 0.6) is 11.5 Å². The zero-order chi connectivity index (χ0) is 26.9. The summed E-state index contributed by atoms with van der Waals surface area (Å²) in [4.78, 5) is 18.1. The van der Waals surface area contributed by atoms with Crippen LogP contribution in [0, 0.1) is 0 Å². The predicted molar refractivity (Wildman–Crippen MR) is 160 cm³/mol. The fourth-order valence-electron chi connectivity index (χ4n) is 3.61. The number of nitrogens with zero attached hydrogens (tertiary/aromatic N) is 3. The van der Waals surface area contributed by atoms with E-state index in [4.69, 9.17) is 26.1 Å². The summed E-state index contributed by atoms with van der Waals surface area (Å²) in [5.74, 6) is 1.41. The first-order chi connectivity index (χ1) is 17.5. The Morgan fingerprint density at radius 1 is 1.05 bits per heavy atom. The van der Waals surface area contributed by atoms with Gasteiger partial charge in [-0.05, 0) is 48.0 Å². The van der Waals surface area contributed by atoms with Crippen LogP contribution in [0.25, 0.3) is 10.9 Å². The van der Waals surface area contributed by atoms with Crippen LogP contribution in [0.3, 0.4) is 0 Å². The molecule has 0 radical (unpaired) electrons. The van der Waals surface area contributed by atoms with E-state index in [2.05, 4.69) is 52.9 Å². The third-order valence-corrected chi connectivity index (χ3v) is 7.45. The molecule has 1 aromatic heterocycles. The summed E-state index contributed by atoms with van der Waals surface area (Å²) in [6, 6.07) is 14.7. The van der Waals surface area contributed by atoms with Gasteiger partial charge < -0.3 is 9.47 Å². The van der Waals surface area contributed by atoms with Crippen molar-refractivity contribution in [2.75, 3.05) is 7.11 Å². The number of hydrogen-bond acceptors (Lipinski definition) is 5. The van der Waals surface area contributed by atoms with Crippen molar-refractivity contribution in [2.24, 2.45) is 5.10 Å². The number of benzene rings is 3. The molecule has 0 aliphatic carbocycles. The van der Waals surface area contributed by atoms with E-state index >= 15 is 0 Å². The van der Waals surface area contributed by atoms with Crippen LogP contribution in [-0.4, -0.2) is 23.0 Å². The average Bonchev–Trinajstić information content (AvgIpc) is 2.83. The minimum Gasteiger partial charge on any atom is -0.493 e. The van der Waals surface area contributed by atoms with Gasteiger partial charge in [-0.15, -0.1) is 0 Å². The van der Waals surface area contributed by atoms with Crippen molar-refractivity contribution in [3.63, 3.8) is 0 Å². The zero-order valence-corrected chi connectivity index (χ0v) is 26.0. The summed E-state index contributed by atoms with van der Waals surface area (Å²) in [6.45, 7) is 6.25. The molecule has 192 valence electrons. The van der Waals surface area contributed by atoms with Gasteiger partial charge in [0.25, 0.3) is 5.56 Å². The van der Waals surface area contributed by atoms with Gasteiger partial charge in [-0.1, -0.05) is 86.2 Å². The molecule has 0 amide bonds. The van der Waals surface area contributed by atoms with Crippen molar-refractivity contribution >= 4 is 76.5 Å². The normalized spacial score (nSPS) is 11.9. The van der Waals surface area contributed by atoms with Crippen molar-refractivity contribution in [1.82, 2.24) is 9.66 Å². The van der Waals surface area contributed by atoms with Crippen molar-refractivity contribution in [3.05, 3.63) is 94.3 Å². The Balaban J connectivity index is 1.71. The molecule has 0 spiro atoms. The Morgan fingerprint density at radius 3 is 2.43 bits per heavy atom. The fourth-order valence-corrected chi connectivity index (χ4v) is 5.41. The molecule has 0 bridgehead atoms. The minimum absolute atomic E-state index is 0.259. The molecular weight excluding hydrogens is 689 g/mol. The fraction of sp³-hybridized carbons (Fsp3) is 0.222. The van der Waals surface area contributed by atoms with Gasteiger partial charge in [0, 0.05) is 24.4 Å². The van der Waals surface area contributed by atoms with E-state index in [9.17, 15) is 4.79 Å². The van der Waals surface area contributed by atoms with Gasteiger partial charge in [0.05, 0.1) is 29.2 Å². The third kappa shape index (κ3) is 6.28. The molecule has 10 heteroatoms. The van der Waals surface area contributed by atoms with Gasteiger partial charge in [0.1, 0.15) is 12.4 Å². The molecule has 37 heavy (non-hydrogen) atoms. The highest BCUT2D eigenvalue weighted by Crippen LogP contribution is 2.37. The van der Waals surface area contributed by atoms with E-state index in [0.717, 1.165) is 19.0 Å². The molecule has 0 fully saturated rings. The van der Waals surface area contributed by atoms with Crippen LogP contribution in [0.1, 0.15) is 37.7 Å². The van der Waals surface area contributed by atoms with E-state index in [0.29, 0.717) is 45.4 Å². The minimum atomic E-state index is -0.425. The first-order valence-corrected chi connectivity index (χ1v) is 13.9. The van der Waals surface area contributed by atoms with Crippen molar-refractivity contribution in [3.8, 4) is 11.5 Å². The molecule has 4 rings (SSSR count). The lowest BCUT2D eigenvalue weighted by Crippen LogP contribution is -2.29. The zero-order valence-electron chi connectivity index (χ0n) is 20.5. The first-order valence-electron chi connectivity index (χ1n) is 11.2. The summed E-state index contributed by atoms with van der Waals surface area (Å²) in [7, 11) is 1.54. The smallest absolute Gasteiger partial charge is 0.282 e. The van der Waals surface area contributed by atoms with Gasteiger partial charge >= 0.3 is 0 Å². The number of ether oxygens (including phenoxy) is 2. The summed E-state index contributed by atoms with van der Waals surface area (Å²) >= 11 is 17.0. The highest BCUT2D eigenvalue weighted by atomic mass is 79.9. The first kappa shape index (κ1) is 27.8. The molecule has 0 saturated heterocycles. The molecule has 0 atom stereocenters. The lowest BCUT2D eigenvalue weighted by atomic mass is 9.95. The summed E-state index contributed by atoms with van der Waals surface area (Å²) in [5.41, 5.74) is 1.53. The van der Waals surface area contributed by atoms with Crippen molar-refractivity contribution in [1.29, 1.82) is 0 Å². The van der Waals surface area contributed by atoms with E-state index in [1.165, 1.54) is 4.68 Å². The molecule has 0 unspecified atom stereocenters. The van der Waals surface area contributed by atoms with E-state index < -0.39 is 5.41 Å². The number of aromatic nitrogens is 2. The molecular formula is C27H23Br3ClN3O3. The third-order valence-electron chi connectivity index (χ3n) is 5.44. The van der Waals surface area contributed by atoms with Crippen LogP contribution >= 0.6 is 59.4 Å². The maximum Gasteiger partial charge on any atom is 0.282 e. The maximum absolute atomic E-state index is 13.4. The van der Waals surface area contributed by atoms with E-state index in [1.54, 1.807) is 31.5 Å². The van der Waals surface area contributed by atoms with E-state index in [1.807, 2.05) is 51.1 Å². The van der Waals surface area contributed by atoms with Gasteiger partial charge in [-0.25, -0.2) is 4.98 Å². The van der Waals surface area contributed by atoms with Crippen molar-refractivity contribution < 1.29 is 9.47 Å². The van der Waals surface area contributed by atoms with Crippen LogP contribution in [0.4, 0.5) is 0 Å². The summed E-state index contributed by atoms with van der Waals surface area (Å²) < 4.78 is 15.6. The Morgan fingerprint density at radius 2 is 1.76 bits per heavy atom. The lowest BCUT2D eigenvalue weighted by Gasteiger charge is -2.21. The SMILES string of the molecule is COc1cc(C=Nn2c(C(C)(C)C)nc3ccc(Br)cc3c2=O)cc(Cl)c1OCc1ccc(Br)cc1Br.